The van der Waals surface area contributed by atoms with Crippen molar-refractivity contribution in [3.63, 3.8) is 0 Å². The summed E-state index contributed by atoms with van der Waals surface area (Å²) in [5.74, 6) is 0. The Morgan fingerprint density at radius 2 is 2.43 bits per heavy atom. The molecule has 0 aliphatic heterocycles. The Morgan fingerprint density at radius 1 is 1.57 bits per heavy atom. The maximum Gasteiger partial charge on any atom is 0.0664 e. The molecule has 1 aromatic heterocycles. The predicted octanol–water partition coefficient (Wildman–Crippen LogP) is 1.33. The zero-order valence-corrected chi connectivity index (χ0v) is 8.61. The van der Waals surface area contributed by atoms with Crippen LogP contribution in [0.1, 0.15) is 25.3 Å². The molecule has 2 N–H and O–H groups in total. The summed E-state index contributed by atoms with van der Waals surface area (Å²) in [6.45, 7) is 3.50. The van der Waals surface area contributed by atoms with E-state index in [2.05, 4.69) is 17.2 Å². The first-order valence-corrected chi connectivity index (χ1v) is 5.10. The lowest BCUT2D eigenvalue weighted by atomic mass is 10.2. The van der Waals surface area contributed by atoms with Gasteiger partial charge in [-0.25, -0.2) is 0 Å². The molecule has 3 nitrogen and oxygen atoms in total. The Morgan fingerprint density at radius 3 is 3.07 bits per heavy atom. The third-order valence-corrected chi connectivity index (χ3v) is 2.05. The molecule has 0 saturated heterocycles. The van der Waals surface area contributed by atoms with Gasteiger partial charge in [-0.05, 0) is 18.1 Å². The molecular weight excluding hydrogens is 176 g/mol. The smallest absolute Gasteiger partial charge is 0.0664 e. The lowest BCUT2D eigenvalue weighted by Gasteiger charge is -2.10. The summed E-state index contributed by atoms with van der Waals surface area (Å²) >= 11 is 0. The number of hydrogen-bond acceptors (Lipinski definition) is 3. The summed E-state index contributed by atoms with van der Waals surface area (Å²) in [5.41, 5.74) is 1.15. The maximum absolute atomic E-state index is 9.45. The minimum absolute atomic E-state index is 0.225. The van der Waals surface area contributed by atoms with Crippen LogP contribution in [0.5, 0.6) is 0 Å². The summed E-state index contributed by atoms with van der Waals surface area (Å²) in [5, 5.41) is 12.6. The average molecular weight is 194 g/mol. The van der Waals surface area contributed by atoms with Gasteiger partial charge in [0.1, 0.15) is 0 Å². The van der Waals surface area contributed by atoms with Gasteiger partial charge in [0.25, 0.3) is 0 Å². The Labute approximate surface area is 85.2 Å². The molecular formula is C11H18N2O. The number of aliphatic hydroxyl groups excluding tert-OH is 1. The Hall–Kier alpha value is -0.930. The molecule has 0 bridgehead atoms. The van der Waals surface area contributed by atoms with Gasteiger partial charge in [-0.3, -0.25) is 4.98 Å². The van der Waals surface area contributed by atoms with Crippen molar-refractivity contribution in [2.24, 2.45) is 0 Å². The van der Waals surface area contributed by atoms with Crippen molar-refractivity contribution in [2.75, 3.05) is 6.54 Å². The Kier molecular flexibility index (Phi) is 5.19. The summed E-state index contributed by atoms with van der Waals surface area (Å²) in [6, 6.07) is 3.94. The first kappa shape index (κ1) is 11.1. The van der Waals surface area contributed by atoms with Gasteiger partial charge in [0.05, 0.1) is 6.10 Å². The highest BCUT2D eigenvalue weighted by Gasteiger charge is 2.00. The Balaban J connectivity index is 2.16. The van der Waals surface area contributed by atoms with Crippen molar-refractivity contribution in [3.8, 4) is 0 Å². The second kappa shape index (κ2) is 6.51. The quantitative estimate of drug-likeness (QED) is 0.718. The molecule has 0 radical (unpaired) electrons. The first-order valence-electron chi connectivity index (χ1n) is 5.10. The van der Waals surface area contributed by atoms with Crippen molar-refractivity contribution < 1.29 is 5.11 Å². The van der Waals surface area contributed by atoms with Gasteiger partial charge in [0, 0.05) is 25.5 Å². The van der Waals surface area contributed by atoms with E-state index in [9.17, 15) is 5.11 Å². The van der Waals surface area contributed by atoms with Crippen LogP contribution in [0, 0.1) is 0 Å². The first-order chi connectivity index (χ1) is 6.83. The average Bonchev–Trinajstić information content (AvgIpc) is 2.20. The third kappa shape index (κ3) is 4.35. The van der Waals surface area contributed by atoms with Crippen LogP contribution in [-0.2, 0) is 6.54 Å². The fourth-order valence-electron chi connectivity index (χ4n) is 1.32. The number of rotatable bonds is 6. The molecule has 0 aromatic carbocycles. The lowest BCUT2D eigenvalue weighted by Crippen LogP contribution is -2.26. The molecule has 1 rings (SSSR count). The summed E-state index contributed by atoms with van der Waals surface area (Å²) in [6.07, 6.45) is 5.25. The van der Waals surface area contributed by atoms with Gasteiger partial charge in [0.2, 0.25) is 0 Å². The van der Waals surface area contributed by atoms with Crippen LogP contribution in [0.15, 0.2) is 24.5 Å². The minimum atomic E-state index is -0.225. The predicted molar refractivity (Wildman–Crippen MR) is 56.9 cm³/mol. The molecule has 0 saturated carbocycles. The fraction of sp³-hybridized carbons (Fsp3) is 0.545. The molecule has 1 unspecified atom stereocenters. The van der Waals surface area contributed by atoms with Crippen molar-refractivity contribution in [3.05, 3.63) is 30.1 Å². The van der Waals surface area contributed by atoms with E-state index in [0.717, 1.165) is 24.9 Å². The largest absolute Gasteiger partial charge is 0.392 e. The van der Waals surface area contributed by atoms with E-state index in [4.69, 9.17) is 0 Å². The highest BCUT2D eigenvalue weighted by molar-refractivity contribution is 5.07. The zero-order valence-electron chi connectivity index (χ0n) is 8.61. The molecule has 3 heteroatoms. The number of aliphatic hydroxyl groups is 1. The van der Waals surface area contributed by atoms with Crippen LogP contribution in [-0.4, -0.2) is 22.7 Å². The highest BCUT2D eigenvalue weighted by atomic mass is 16.3. The van der Waals surface area contributed by atoms with Gasteiger partial charge in [-0.15, -0.1) is 0 Å². The monoisotopic (exact) mass is 194 g/mol. The van der Waals surface area contributed by atoms with Gasteiger partial charge in [-0.2, -0.15) is 0 Å². The van der Waals surface area contributed by atoms with E-state index in [1.165, 1.54) is 0 Å². The second-order valence-corrected chi connectivity index (χ2v) is 3.43. The van der Waals surface area contributed by atoms with Crippen LogP contribution in [0.25, 0.3) is 0 Å². The SMILES string of the molecule is CCCC(O)CNCc1cccnc1. The molecule has 0 amide bonds. The van der Waals surface area contributed by atoms with Crippen molar-refractivity contribution in [2.45, 2.75) is 32.4 Å². The number of hydrogen-bond donors (Lipinski definition) is 2. The van der Waals surface area contributed by atoms with E-state index in [-0.39, 0.29) is 6.10 Å². The third-order valence-electron chi connectivity index (χ3n) is 2.05. The van der Waals surface area contributed by atoms with E-state index >= 15 is 0 Å². The van der Waals surface area contributed by atoms with Crippen LogP contribution in [0.2, 0.25) is 0 Å². The molecule has 0 aliphatic rings. The number of nitrogens with zero attached hydrogens (tertiary/aromatic N) is 1. The van der Waals surface area contributed by atoms with E-state index in [1.807, 2.05) is 18.3 Å². The maximum atomic E-state index is 9.45. The van der Waals surface area contributed by atoms with Crippen LogP contribution >= 0.6 is 0 Å². The summed E-state index contributed by atoms with van der Waals surface area (Å²) < 4.78 is 0. The van der Waals surface area contributed by atoms with E-state index < -0.39 is 0 Å². The molecule has 0 fully saturated rings. The van der Waals surface area contributed by atoms with Gasteiger partial charge in [-0.1, -0.05) is 19.4 Å². The molecule has 0 aliphatic carbocycles. The van der Waals surface area contributed by atoms with Crippen LogP contribution < -0.4 is 5.32 Å². The summed E-state index contributed by atoms with van der Waals surface area (Å²) in [4.78, 5) is 4.02. The molecule has 0 spiro atoms. The van der Waals surface area contributed by atoms with Gasteiger partial charge >= 0.3 is 0 Å². The molecule has 78 valence electrons. The van der Waals surface area contributed by atoms with Crippen molar-refractivity contribution in [1.82, 2.24) is 10.3 Å². The minimum Gasteiger partial charge on any atom is -0.392 e. The van der Waals surface area contributed by atoms with Crippen LogP contribution in [0.4, 0.5) is 0 Å². The number of nitrogens with one attached hydrogen (secondary N) is 1. The number of aromatic nitrogens is 1. The molecule has 1 heterocycles. The number of pyridine rings is 1. The topological polar surface area (TPSA) is 45.1 Å². The lowest BCUT2D eigenvalue weighted by molar-refractivity contribution is 0.160. The standard InChI is InChI=1S/C11H18N2O/c1-2-4-11(14)9-13-8-10-5-3-6-12-7-10/h3,5-7,11,13-14H,2,4,8-9H2,1H3. The van der Waals surface area contributed by atoms with Crippen molar-refractivity contribution >= 4 is 0 Å². The summed E-state index contributed by atoms with van der Waals surface area (Å²) in [7, 11) is 0. The van der Waals surface area contributed by atoms with Gasteiger partial charge in [0.15, 0.2) is 0 Å². The molecule has 1 aromatic rings. The Bertz CT molecular complexity index is 238. The van der Waals surface area contributed by atoms with E-state index in [1.54, 1.807) is 6.20 Å². The highest BCUT2D eigenvalue weighted by Crippen LogP contribution is 1.97. The van der Waals surface area contributed by atoms with Crippen molar-refractivity contribution in [1.29, 1.82) is 0 Å². The van der Waals surface area contributed by atoms with Crippen LogP contribution in [0.3, 0.4) is 0 Å². The normalized spacial score (nSPS) is 12.7. The van der Waals surface area contributed by atoms with E-state index in [0.29, 0.717) is 6.54 Å². The molecule has 1 atom stereocenters. The van der Waals surface area contributed by atoms with Gasteiger partial charge < -0.3 is 10.4 Å². The fourth-order valence-corrected chi connectivity index (χ4v) is 1.32. The second-order valence-electron chi connectivity index (χ2n) is 3.43. The molecule has 14 heavy (non-hydrogen) atoms. The zero-order chi connectivity index (χ0) is 10.2.